The summed E-state index contributed by atoms with van der Waals surface area (Å²) in [7, 11) is -8.79. The highest BCUT2D eigenvalue weighted by Crippen LogP contribution is 2.37. The minimum Gasteiger partial charge on any atom is -0.491 e. The molecule has 2 aliphatic rings. The van der Waals surface area contributed by atoms with Crippen LogP contribution < -0.4 is 10.1 Å². The van der Waals surface area contributed by atoms with E-state index < -0.39 is 48.3 Å². The van der Waals surface area contributed by atoms with Crippen molar-refractivity contribution in [2.75, 3.05) is 39.5 Å². The lowest BCUT2D eigenvalue weighted by Crippen LogP contribution is -2.47. The summed E-state index contributed by atoms with van der Waals surface area (Å²) in [4.78, 5) is 3.76. The van der Waals surface area contributed by atoms with Crippen LogP contribution >= 0.6 is 0 Å². The molecular weight excluding hydrogens is 608 g/mol. The van der Waals surface area contributed by atoms with E-state index in [4.69, 9.17) is 14.6 Å². The number of nitrogens with zero attached hydrogens (tertiary/aromatic N) is 2. The zero-order valence-corrected chi connectivity index (χ0v) is 24.7. The van der Waals surface area contributed by atoms with E-state index in [2.05, 4.69) is 10.3 Å². The summed E-state index contributed by atoms with van der Waals surface area (Å²) in [6, 6.07) is 12.9. The van der Waals surface area contributed by atoms with Crippen molar-refractivity contribution in [2.45, 2.75) is 52.1 Å². The second kappa shape index (κ2) is 12.3. The first-order chi connectivity index (χ1) is 20.4. The fraction of sp³-hybridized carbons (Fsp3) is 0.464. The number of aromatic nitrogens is 1. The number of aliphatic hydroxyl groups excluding tert-OH is 2. The van der Waals surface area contributed by atoms with E-state index in [1.54, 1.807) is 30.5 Å². The van der Waals surface area contributed by atoms with Crippen molar-refractivity contribution >= 4 is 30.8 Å². The summed E-state index contributed by atoms with van der Waals surface area (Å²) in [6.07, 6.45) is 2.35. The third-order valence-electron chi connectivity index (χ3n) is 7.83. The second-order valence-corrected chi connectivity index (χ2v) is 14.8. The summed E-state index contributed by atoms with van der Waals surface area (Å²) in [6.45, 7) is -0.939. The average molecular weight is 642 g/mol. The van der Waals surface area contributed by atoms with Crippen LogP contribution in [0.3, 0.4) is 0 Å². The van der Waals surface area contributed by atoms with E-state index >= 15 is 0 Å². The number of hydrogen-bond acceptors (Lipinski definition) is 10. The van der Waals surface area contributed by atoms with E-state index in [0.29, 0.717) is 39.0 Å². The zero-order valence-electron chi connectivity index (χ0n) is 23.1. The van der Waals surface area contributed by atoms with Crippen LogP contribution in [0.4, 0.5) is 8.78 Å². The molecule has 1 aromatic heterocycles. The lowest BCUT2D eigenvalue weighted by atomic mass is 9.88. The average Bonchev–Trinajstić information content (AvgIpc) is 3.40. The molecule has 2 unspecified atom stereocenters. The third-order valence-corrected chi connectivity index (χ3v) is 11.5. The van der Waals surface area contributed by atoms with Crippen molar-refractivity contribution in [3.05, 3.63) is 60.8 Å². The number of benzene rings is 2. The van der Waals surface area contributed by atoms with Gasteiger partial charge in [0.25, 0.3) is 0 Å². The molecule has 0 saturated carbocycles. The molecule has 2 fully saturated rings. The van der Waals surface area contributed by atoms with Crippen molar-refractivity contribution in [3.8, 4) is 5.75 Å². The van der Waals surface area contributed by atoms with Gasteiger partial charge in [0, 0.05) is 37.3 Å². The maximum atomic E-state index is 13.7. The van der Waals surface area contributed by atoms with E-state index in [1.165, 1.54) is 16.4 Å². The molecule has 2 saturated heterocycles. The number of fused-ring (bicyclic) bond motifs is 1. The number of piperidine rings is 1. The summed E-state index contributed by atoms with van der Waals surface area (Å²) < 4.78 is 91.1. The summed E-state index contributed by atoms with van der Waals surface area (Å²) in [5, 5.41) is 18.8. The molecule has 15 heteroatoms. The maximum Gasteiger partial charge on any atom is 0.372 e. The number of sulfone groups is 1. The summed E-state index contributed by atoms with van der Waals surface area (Å²) in [5.41, 5.74) is 0.251. The molecular formula is C28H33F2N3O8S2. The molecule has 43 heavy (non-hydrogen) atoms. The van der Waals surface area contributed by atoms with E-state index in [9.17, 15) is 30.7 Å². The molecule has 2 aromatic carbocycles. The van der Waals surface area contributed by atoms with Crippen LogP contribution in [0.5, 0.6) is 5.75 Å². The Bertz CT molecular complexity index is 1670. The van der Waals surface area contributed by atoms with Gasteiger partial charge < -0.3 is 25.0 Å². The molecule has 2 atom stereocenters. The zero-order chi connectivity index (χ0) is 30.9. The van der Waals surface area contributed by atoms with Gasteiger partial charge in [-0.25, -0.2) is 16.8 Å². The van der Waals surface area contributed by atoms with Crippen LogP contribution in [0.2, 0.25) is 0 Å². The molecule has 3 aromatic rings. The molecule has 3 heterocycles. The van der Waals surface area contributed by atoms with Crippen LogP contribution in [0.25, 0.3) is 10.9 Å². The van der Waals surface area contributed by atoms with Gasteiger partial charge in [0.15, 0.2) is 0 Å². The number of ether oxygens (including phenoxy) is 2. The third kappa shape index (κ3) is 6.67. The Morgan fingerprint density at radius 3 is 2.60 bits per heavy atom. The van der Waals surface area contributed by atoms with Crippen LogP contribution in [0.1, 0.15) is 19.3 Å². The molecule has 2 aliphatic heterocycles. The number of aliphatic hydroxyl groups is 2. The van der Waals surface area contributed by atoms with Crippen molar-refractivity contribution in [3.63, 3.8) is 0 Å². The molecule has 234 valence electrons. The summed E-state index contributed by atoms with van der Waals surface area (Å²) >= 11 is 0. The molecule has 0 amide bonds. The van der Waals surface area contributed by atoms with Gasteiger partial charge in [-0.1, -0.05) is 12.1 Å². The second-order valence-electron chi connectivity index (χ2n) is 10.8. The maximum absolute atomic E-state index is 13.7. The molecule has 0 bridgehead atoms. The molecule has 0 aliphatic carbocycles. The van der Waals surface area contributed by atoms with Gasteiger partial charge in [0.1, 0.15) is 25.1 Å². The largest absolute Gasteiger partial charge is 0.491 e. The van der Waals surface area contributed by atoms with Gasteiger partial charge >= 0.3 is 5.25 Å². The molecule has 5 rings (SSSR count). The quantitative estimate of drug-likeness (QED) is 0.283. The molecule has 1 spiro atoms. The first-order valence-electron chi connectivity index (χ1n) is 13.7. The van der Waals surface area contributed by atoms with Crippen LogP contribution in [0.15, 0.2) is 70.6 Å². The number of rotatable bonds is 11. The molecule has 0 radical (unpaired) electrons. The van der Waals surface area contributed by atoms with Crippen LogP contribution in [0, 0.1) is 0 Å². The molecule has 3 N–H and O–H groups in total. The minimum atomic E-state index is -5.11. The Morgan fingerprint density at radius 2 is 1.86 bits per heavy atom. The van der Waals surface area contributed by atoms with Crippen LogP contribution in [-0.2, 0) is 24.6 Å². The lowest BCUT2D eigenvalue weighted by molar-refractivity contribution is -0.0312. The van der Waals surface area contributed by atoms with E-state index in [1.807, 2.05) is 6.07 Å². The predicted molar refractivity (Wildman–Crippen MR) is 152 cm³/mol. The number of alkyl halides is 2. The highest BCUT2D eigenvalue weighted by Gasteiger charge is 2.46. The van der Waals surface area contributed by atoms with Crippen molar-refractivity contribution < 1.29 is 45.3 Å². The topological polar surface area (TPSA) is 155 Å². The Kier molecular flexibility index (Phi) is 9.05. The first-order valence-corrected chi connectivity index (χ1v) is 16.6. The highest BCUT2D eigenvalue weighted by molar-refractivity contribution is 7.92. The number of hydrogen-bond donors (Lipinski definition) is 3. The Hall–Kier alpha value is -2.79. The standard InChI is InChI=1S/C28H33F2N3O8S2/c29-28(30,19-34)42(36,37)24-5-1-4-23(14-24)40-18-22(35)16-32-21-15-27(41-17-21)8-11-33(12-9-27)43(38,39)25-6-7-26-20(13-25)3-2-10-31-26/h1-7,10,13-14,21-22,32,34-35H,8-9,11-12,15-19H2. The fourth-order valence-electron chi connectivity index (χ4n) is 5.36. The smallest absolute Gasteiger partial charge is 0.372 e. The monoisotopic (exact) mass is 641 g/mol. The number of pyridine rings is 1. The summed E-state index contributed by atoms with van der Waals surface area (Å²) in [5.74, 6) is -0.0286. The highest BCUT2D eigenvalue weighted by atomic mass is 32.2. The number of nitrogens with one attached hydrogen (secondary N) is 1. The Morgan fingerprint density at radius 1 is 1.09 bits per heavy atom. The van der Waals surface area contributed by atoms with E-state index in [0.717, 1.165) is 23.0 Å². The van der Waals surface area contributed by atoms with Gasteiger partial charge in [-0.2, -0.15) is 13.1 Å². The van der Waals surface area contributed by atoms with Crippen molar-refractivity contribution in [2.24, 2.45) is 0 Å². The number of sulfonamides is 1. The predicted octanol–water partition coefficient (Wildman–Crippen LogP) is 1.94. The molecule has 11 nitrogen and oxygen atoms in total. The van der Waals surface area contributed by atoms with Gasteiger partial charge in [-0.05, 0) is 61.7 Å². The van der Waals surface area contributed by atoms with Crippen LogP contribution in [-0.4, -0.2) is 98.8 Å². The van der Waals surface area contributed by atoms with E-state index in [-0.39, 0.29) is 29.8 Å². The normalized spacial score (nSPS) is 20.4. The Balaban J connectivity index is 1.09. The van der Waals surface area contributed by atoms with Gasteiger partial charge in [-0.15, -0.1) is 0 Å². The van der Waals surface area contributed by atoms with Gasteiger partial charge in [-0.3, -0.25) is 4.98 Å². The fourth-order valence-corrected chi connectivity index (χ4v) is 7.88. The van der Waals surface area contributed by atoms with Gasteiger partial charge in [0.2, 0.25) is 19.9 Å². The van der Waals surface area contributed by atoms with Gasteiger partial charge in [0.05, 0.1) is 27.5 Å². The van der Waals surface area contributed by atoms with Crippen molar-refractivity contribution in [1.29, 1.82) is 0 Å². The SMILES string of the molecule is O=S(=O)(c1ccc2ncccc2c1)N1CCC2(CC1)CC(NCC(O)COc1cccc(S(=O)(=O)C(F)(F)CO)c1)CO2. The van der Waals surface area contributed by atoms with Crippen molar-refractivity contribution in [1.82, 2.24) is 14.6 Å². The lowest BCUT2D eigenvalue weighted by Gasteiger charge is -2.38. The number of halogens is 2. The Labute approximate surface area is 248 Å². The minimum absolute atomic E-state index is 0.0286. The first kappa shape index (κ1) is 31.6.